The first kappa shape index (κ1) is 16.6. The summed E-state index contributed by atoms with van der Waals surface area (Å²) in [6, 6.07) is 1.46. The maximum absolute atomic E-state index is 11.3. The van der Waals surface area contributed by atoms with Crippen LogP contribution in [0.1, 0.15) is 15.2 Å². The fraction of sp³-hybridized carbons (Fsp3) is 0.0909. The molecule has 0 spiro atoms. The number of nitrogens with one attached hydrogen (secondary N) is 1. The SMILES string of the molecule is O=C(O)c1cc([N+](=O)[O-])cc([N+](=O)[O-])c1NCc1cnc(Cl)s1. The average molecular weight is 359 g/mol. The minimum Gasteiger partial charge on any atom is -0.478 e. The highest BCUT2D eigenvalue weighted by Crippen LogP contribution is 2.34. The molecule has 10 nitrogen and oxygen atoms in total. The summed E-state index contributed by atoms with van der Waals surface area (Å²) in [5, 5.41) is 33.7. The summed E-state index contributed by atoms with van der Waals surface area (Å²) in [5.41, 5.74) is -2.27. The fourth-order valence-electron chi connectivity index (χ4n) is 1.76. The van der Waals surface area contributed by atoms with Crippen LogP contribution in [0.5, 0.6) is 0 Å². The van der Waals surface area contributed by atoms with Crippen LogP contribution in [0.15, 0.2) is 18.3 Å². The van der Waals surface area contributed by atoms with E-state index in [1.807, 2.05) is 0 Å². The van der Waals surface area contributed by atoms with E-state index in [-0.39, 0.29) is 16.7 Å². The van der Waals surface area contributed by atoms with Crippen molar-refractivity contribution in [3.8, 4) is 0 Å². The van der Waals surface area contributed by atoms with Crippen molar-refractivity contribution in [2.45, 2.75) is 6.54 Å². The third-order valence-electron chi connectivity index (χ3n) is 2.70. The number of aromatic carboxylic acids is 1. The minimum absolute atomic E-state index is 0.0311. The molecule has 0 bridgehead atoms. The molecule has 0 aliphatic rings. The van der Waals surface area contributed by atoms with E-state index in [0.717, 1.165) is 17.4 Å². The van der Waals surface area contributed by atoms with E-state index in [9.17, 15) is 25.0 Å². The lowest BCUT2D eigenvalue weighted by atomic mass is 10.1. The second-order valence-corrected chi connectivity index (χ2v) is 5.84. The quantitative estimate of drug-likeness (QED) is 0.591. The monoisotopic (exact) mass is 358 g/mol. The average Bonchev–Trinajstić information content (AvgIpc) is 2.89. The first-order chi connectivity index (χ1) is 10.8. The third kappa shape index (κ3) is 3.70. The number of benzene rings is 1. The summed E-state index contributed by atoms with van der Waals surface area (Å²) in [4.78, 5) is 35.8. The number of nitro groups is 2. The van der Waals surface area contributed by atoms with Crippen LogP contribution >= 0.6 is 22.9 Å². The van der Waals surface area contributed by atoms with Crippen molar-refractivity contribution < 1.29 is 19.7 Å². The van der Waals surface area contributed by atoms with Gasteiger partial charge < -0.3 is 10.4 Å². The van der Waals surface area contributed by atoms with Crippen LogP contribution in [-0.2, 0) is 6.54 Å². The standard InChI is InChI=1S/C11H7ClN4O6S/c12-11-14-4-6(23-11)3-13-9-7(10(17)18)1-5(15(19)20)2-8(9)16(21)22/h1-2,4,13H,3H2,(H,17,18). The molecule has 1 aromatic carbocycles. The smallest absolute Gasteiger partial charge is 0.338 e. The number of anilines is 1. The van der Waals surface area contributed by atoms with Crippen molar-refractivity contribution in [1.82, 2.24) is 4.98 Å². The molecule has 12 heteroatoms. The Balaban J connectivity index is 2.48. The van der Waals surface area contributed by atoms with E-state index in [1.165, 1.54) is 6.20 Å². The van der Waals surface area contributed by atoms with Gasteiger partial charge in [0, 0.05) is 17.1 Å². The second-order valence-electron chi connectivity index (χ2n) is 4.14. The lowest BCUT2D eigenvalue weighted by Crippen LogP contribution is -2.09. The number of thiazole rings is 1. The summed E-state index contributed by atoms with van der Waals surface area (Å²) in [6.07, 6.45) is 1.43. The highest BCUT2D eigenvalue weighted by molar-refractivity contribution is 7.15. The number of nitro benzene ring substituents is 2. The van der Waals surface area contributed by atoms with Crippen LogP contribution in [0.3, 0.4) is 0 Å². The molecule has 120 valence electrons. The van der Waals surface area contributed by atoms with Crippen molar-refractivity contribution in [1.29, 1.82) is 0 Å². The number of nitrogens with zero attached hydrogens (tertiary/aromatic N) is 3. The van der Waals surface area contributed by atoms with E-state index in [4.69, 9.17) is 16.7 Å². The molecule has 0 atom stereocenters. The van der Waals surface area contributed by atoms with Gasteiger partial charge in [0.1, 0.15) is 5.69 Å². The van der Waals surface area contributed by atoms with Crippen LogP contribution in [0.4, 0.5) is 17.1 Å². The first-order valence-corrected chi connectivity index (χ1v) is 7.03. The summed E-state index contributed by atoms with van der Waals surface area (Å²) in [5.74, 6) is -1.53. The molecule has 0 radical (unpaired) electrons. The maximum atomic E-state index is 11.3. The van der Waals surface area contributed by atoms with Crippen LogP contribution < -0.4 is 5.32 Å². The van der Waals surface area contributed by atoms with Crippen molar-refractivity contribution >= 4 is 46.0 Å². The van der Waals surface area contributed by atoms with Crippen molar-refractivity contribution in [3.05, 3.63) is 53.5 Å². The predicted molar refractivity (Wildman–Crippen MR) is 81.2 cm³/mol. The first-order valence-electron chi connectivity index (χ1n) is 5.83. The number of aromatic nitrogens is 1. The molecule has 1 heterocycles. The molecule has 2 aromatic rings. The Morgan fingerprint density at radius 2 is 2.04 bits per heavy atom. The van der Waals surface area contributed by atoms with Gasteiger partial charge in [-0.3, -0.25) is 20.2 Å². The van der Waals surface area contributed by atoms with Gasteiger partial charge in [-0.2, -0.15) is 0 Å². The summed E-state index contributed by atoms with van der Waals surface area (Å²) in [7, 11) is 0. The Hall–Kier alpha value is -2.79. The Morgan fingerprint density at radius 1 is 1.35 bits per heavy atom. The number of hydrogen-bond acceptors (Lipinski definition) is 8. The van der Waals surface area contributed by atoms with Gasteiger partial charge in [0.05, 0.1) is 28.0 Å². The second kappa shape index (κ2) is 6.54. The van der Waals surface area contributed by atoms with Gasteiger partial charge in [-0.05, 0) is 0 Å². The topological polar surface area (TPSA) is 148 Å². The number of carboxylic acids is 1. The number of carboxylic acid groups (broad SMARTS) is 1. The molecule has 0 saturated heterocycles. The number of carbonyl (C=O) groups is 1. The zero-order valence-corrected chi connectivity index (χ0v) is 12.6. The van der Waals surface area contributed by atoms with Crippen molar-refractivity contribution in [2.24, 2.45) is 0 Å². The molecule has 0 aliphatic heterocycles. The maximum Gasteiger partial charge on any atom is 0.338 e. The van der Waals surface area contributed by atoms with Crippen molar-refractivity contribution in [3.63, 3.8) is 0 Å². The molecule has 2 N–H and O–H groups in total. The van der Waals surface area contributed by atoms with Gasteiger partial charge in [-0.25, -0.2) is 9.78 Å². The Labute approximate surface area is 136 Å². The zero-order valence-electron chi connectivity index (χ0n) is 11.1. The van der Waals surface area contributed by atoms with Gasteiger partial charge in [-0.15, -0.1) is 11.3 Å². The van der Waals surface area contributed by atoms with E-state index >= 15 is 0 Å². The number of non-ortho nitro benzene ring substituents is 1. The normalized spacial score (nSPS) is 10.3. The Morgan fingerprint density at radius 3 is 2.52 bits per heavy atom. The van der Waals surface area contributed by atoms with Crippen LogP contribution in [0.25, 0.3) is 0 Å². The number of hydrogen-bond donors (Lipinski definition) is 2. The fourth-order valence-corrected chi connectivity index (χ4v) is 2.67. The predicted octanol–water partition coefficient (Wildman–Crippen LogP) is 2.92. The number of halogens is 1. The number of rotatable bonds is 6. The van der Waals surface area contributed by atoms with Crippen LogP contribution in [-0.4, -0.2) is 25.9 Å². The van der Waals surface area contributed by atoms with Gasteiger partial charge >= 0.3 is 5.97 Å². The Bertz CT molecular complexity index is 773. The third-order valence-corrected chi connectivity index (χ3v) is 3.82. The van der Waals surface area contributed by atoms with Gasteiger partial charge in [0.15, 0.2) is 4.47 Å². The van der Waals surface area contributed by atoms with Gasteiger partial charge in [-0.1, -0.05) is 11.6 Å². The zero-order chi connectivity index (χ0) is 17.1. The lowest BCUT2D eigenvalue weighted by Gasteiger charge is -2.09. The molecule has 0 saturated carbocycles. The molecular weight excluding hydrogens is 352 g/mol. The largest absolute Gasteiger partial charge is 0.478 e. The molecule has 1 aromatic heterocycles. The summed E-state index contributed by atoms with van der Waals surface area (Å²) < 4.78 is 0.262. The molecule has 0 amide bonds. The summed E-state index contributed by atoms with van der Waals surface area (Å²) >= 11 is 6.77. The highest BCUT2D eigenvalue weighted by atomic mass is 35.5. The molecule has 0 fully saturated rings. The minimum atomic E-state index is -1.53. The molecular formula is C11H7ClN4O6S. The van der Waals surface area contributed by atoms with E-state index < -0.39 is 32.8 Å². The molecule has 0 aliphatic carbocycles. The van der Waals surface area contributed by atoms with Gasteiger partial charge in [0.2, 0.25) is 0 Å². The highest BCUT2D eigenvalue weighted by Gasteiger charge is 2.27. The van der Waals surface area contributed by atoms with E-state index in [2.05, 4.69) is 10.3 Å². The van der Waals surface area contributed by atoms with Crippen molar-refractivity contribution in [2.75, 3.05) is 5.32 Å². The lowest BCUT2D eigenvalue weighted by molar-refractivity contribution is -0.393. The summed E-state index contributed by atoms with van der Waals surface area (Å²) in [6.45, 7) is 0.0311. The molecule has 23 heavy (non-hydrogen) atoms. The Kier molecular flexibility index (Phi) is 4.71. The molecule has 2 rings (SSSR count). The van der Waals surface area contributed by atoms with Gasteiger partial charge in [0.25, 0.3) is 11.4 Å². The van der Waals surface area contributed by atoms with E-state index in [1.54, 1.807) is 0 Å². The van der Waals surface area contributed by atoms with Crippen LogP contribution in [0, 0.1) is 20.2 Å². The molecule has 0 unspecified atom stereocenters. The van der Waals surface area contributed by atoms with E-state index in [0.29, 0.717) is 10.9 Å². The van der Waals surface area contributed by atoms with Crippen LogP contribution in [0.2, 0.25) is 4.47 Å².